The van der Waals surface area contributed by atoms with Gasteiger partial charge in [-0.25, -0.2) is 0 Å². The minimum absolute atomic E-state index is 0.148. The van der Waals surface area contributed by atoms with Crippen LogP contribution < -0.4 is 0 Å². The second-order valence-corrected chi connectivity index (χ2v) is 8.26. The van der Waals surface area contributed by atoms with Gasteiger partial charge in [-0.2, -0.15) is 0 Å². The lowest BCUT2D eigenvalue weighted by Gasteiger charge is -2.36. The van der Waals surface area contributed by atoms with E-state index in [2.05, 4.69) is 55.4 Å². The highest BCUT2D eigenvalue weighted by atomic mass is 16.5. The third-order valence-electron chi connectivity index (χ3n) is 4.70. The molecule has 0 aliphatic carbocycles. The van der Waals surface area contributed by atoms with Crippen LogP contribution in [0.2, 0.25) is 0 Å². The molecule has 124 valence electrons. The minimum atomic E-state index is -0.614. The van der Waals surface area contributed by atoms with Gasteiger partial charge in [0, 0.05) is 0 Å². The van der Waals surface area contributed by atoms with Crippen molar-refractivity contribution in [1.29, 1.82) is 0 Å². The van der Waals surface area contributed by atoms with Crippen LogP contribution in [0.1, 0.15) is 47.5 Å². The molecule has 0 heterocycles. The molecule has 0 aliphatic heterocycles. The van der Waals surface area contributed by atoms with Gasteiger partial charge in [0.1, 0.15) is 13.2 Å². The van der Waals surface area contributed by atoms with Crippen LogP contribution in [0, 0.1) is 16.7 Å². The molecule has 3 nitrogen and oxygen atoms in total. The van der Waals surface area contributed by atoms with Gasteiger partial charge in [-0.15, -0.1) is 6.58 Å². The summed E-state index contributed by atoms with van der Waals surface area (Å²) in [4.78, 5) is 12.5. The summed E-state index contributed by atoms with van der Waals surface area (Å²) in [5, 5.41) is 0. The summed E-state index contributed by atoms with van der Waals surface area (Å²) in [5.41, 5.74) is -0.385. The molecular formula is C18H36NO2+. The van der Waals surface area contributed by atoms with Crippen LogP contribution in [0.25, 0.3) is 0 Å². The fraction of sp³-hybridized carbons (Fsp3) is 0.833. The van der Waals surface area contributed by atoms with Gasteiger partial charge in [0.2, 0.25) is 0 Å². The summed E-state index contributed by atoms with van der Waals surface area (Å²) in [6, 6.07) is 0. The van der Waals surface area contributed by atoms with Crippen molar-refractivity contribution in [3.05, 3.63) is 12.7 Å². The number of esters is 1. The largest absolute Gasteiger partial charge is 0.459 e. The van der Waals surface area contributed by atoms with Gasteiger partial charge < -0.3 is 9.22 Å². The van der Waals surface area contributed by atoms with Crippen molar-refractivity contribution in [1.82, 2.24) is 0 Å². The van der Waals surface area contributed by atoms with Crippen LogP contribution in [-0.2, 0) is 9.53 Å². The maximum atomic E-state index is 12.5. The summed E-state index contributed by atoms with van der Waals surface area (Å²) in [5.74, 6) is 0.0620. The molecule has 0 aromatic rings. The van der Waals surface area contributed by atoms with E-state index in [4.69, 9.17) is 4.74 Å². The van der Waals surface area contributed by atoms with E-state index in [1.807, 2.05) is 6.92 Å². The number of quaternary nitrogens is 1. The lowest BCUT2D eigenvalue weighted by atomic mass is 9.69. The summed E-state index contributed by atoms with van der Waals surface area (Å²) in [6.07, 6.45) is 3.84. The molecule has 0 aromatic carbocycles. The summed E-state index contributed by atoms with van der Waals surface area (Å²) in [6.45, 7) is 15.9. The van der Waals surface area contributed by atoms with Crippen molar-refractivity contribution >= 4 is 5.97 Å². The number of rotatable bonds is 9. The topological polar surface area (TPSA) is 26.3 Å². The average molecular weight is 298 g/mol. The molecule has 0 aromatic heterocycles. The van der Waals surface area contributed by atoms with Crippen LogP contribution in [-0.4, -0.2) is 44.7 Å². The predicted octanol–water partition coefficient (Wildman–Crippen LogP) is 3.89. The number of carbonyl (C=O) groups is 1. The third kappa shape index (κ3) is 6.64. The Labute approximate surface area is 131 Å². The summed E-state index contributed by atoms with van der Waals surface area (Å²) < 4.78 is 6.31. The zero-order valence-electron chi connectivity index (χ0n) is 15.5. The Bertz CT molecular complexity index is 355. The van der Waals surface area contributed by atoms with Gasteiger partial charge in [0.15, 0.2) is 0 Å². The Morgan fingerprint density at radius 2 is 1.81 bits per heavy atom. The van der Waals surface area contributed by atoms with E-state index in [-0.39, 0.29) is 17.3 Å². The zero-order valence-corrected chi connectivity index (χ0v) is 15.5. The van der Waals surface area contributed by atoms with Crippen LogP contribution in [0.3, 0.4) is 0 Å². The molecule has 0 saturated heterocycles. The molecule has 0 amide bonds. The van der Waals surface area contributed by atoms with Gasteiger partial charge in [-0.3, -0.25) is 4.79 Å². The van der Waals surface area contributed by atoms with E-state index < -0.39 is 5.41 Å². The monoisotopic (exact) mass is 298 g/mol. The maximum Gasteiger partial charge on any atom is 0.316 e. The SMILES string of the molecule is C=CC(C)(C(=O)OCC[N+](C)(C)C)C(C)CC(C)(C)CC. The third-order valence-corrected chi connectivity index (χ3v) is 4.70. The fourth-order valence-electron chi connectivity index (χ4n) is 2.24. The van der Waals surface area contributed by atoms with Crippen LogP contribution in [0.15, 0.2) is 12.7 Å². The second-order valence-electron chi connectivity index (χ2n) is 8.26. The van der Waals surface area contributed by atoms with Crippen LogP contribution >= 0.6 is 0 Å². The lowest BCUT2D eigenvalue weighted by molar-refractivity contribution is -0.870. The highest BCUT2D eigenvalue weighted by molar-refractivity contribution is 5.79. The van der Waals surface area contributed by atoms with Crippen molar-refractivity contribution in [3.8, 4) is 0 Å². The highest BCUT2D eigenvalue weighted by Gasteiger charge is 2.39. The van der Waals surface area contributed by atoms with Gasteiger partial charge in [-0.05, 0) is 24.7 Å². The fourth-order valence-corrected chi connectivity index (χ4v) is 2.24. The summed E-state index contributed by atoms with van der Waals surface area (Å²) in [7, 11) is 6.27. The van der Waals surface area contributed by atoms with Gasteiger partial charge in [0.25, 0.3) is 0 Å². The zero-order chi connectivity index (χ0) is 16.9. The first-order valence-electron chi connectivity index (χ1n) is 7.99. The van der Waals surface area contributed by atoms with Gasteiger partial charge >= 0.3 is 5.97 Å². The van der Waals surface area contributed by atoms with Crippen molar-refractivity contribution in [2.24, 2.45) is 16.7 Å². The van der Waals surface area contributed by atoms with E-state index in [9.17, 15) is 4.79 Å². The van der Waals surface area contributed by atoms with E-state index in [1.54, 1.807) is 6.08 Å². The van der Waals surface area contributed by atoms with Crippen LogP contribution in [0.5, 0.6) is 0 Å². The Hall–Kier alpha value is -0.830. The maximum absolute atomic E-state index is 12.5. The summed E-state index contributed by atoms with van der Waals surface area (Å²) >= 11 is 0. The molecule has 21 heavy (non-hydrogen) atoms. The van der Waals surface area contributed by atoms with Crippen molar-refractivity contribution in [3.63, 3.8) is 0 Å². The predicted molar refractivity (Wildman–Crippen MR) is 90.0 cm³/mol. The van der Waals surface area contributed by atoms with Crippen molar-refractivity contribution in [2.75, 3.05) is 34.3 Å². The molecule has 0 bridgehead atoms. The average Bonchev–Trinajstić information content (AvgIpc) is 2.35. The molecule has 2 unspecified atom stereocenters. The number of carbonyl (C=O) groups excluding carboxylic acids is 1. The normalized spacial score (nSPS) is 17.0. The molecule has 0 spiro atoms. The number of ether oxygens (including phenoxy) is 1. The Kier molecular flexibility index (Phi) is 7.14. The highest BCUT2D eigenvalue weighted by Crippen LogP contribution is 2.39. The number of nitrogens with zero attached hydrogens (tertiary/aromatic N) is 1. The number of hydrogen-bond donors (Lipinski definition) is 0. The van der Waals surface area contributed by atoms with Crippen molar-refractivity contribution < 1.29 is 14.0 Å². The molecule has 0 aliphatic rings. The number of hydrogen-bond acceptors (Lipinski definition) is 2. The first kappa shape index (κ1) is 20.2. The van der Waals surface area contributed by atoms with E-state index in [0.29, 0.717) is 6.61 Å². The molecule has 0 N–H and O–H groups in total. The lowest BCUT2D eigenvalue weighted by Crippen LogP contribution is -2.41. The molecule has 0 fully saturated rings. The van der Waals surface area contributed by atoms with Gasteiger partial charge in [0.05, 0.1) is 26.6 Å². The number of likely N-dealkylation sites (N-methyl/N-ethyl adjacent to an activating group) is 1. The first-order valence-corrected chi connectivity index (χ1v) is 7.99. The molecular weight excluding hydrogens is 262 g/mol. The van der Waals surface area contributed by atoms with E-state index in [1.165, 1.54) is 0 Å². The quantitative estimate of drug-likeness (QED) is 0.367. The van der Waals surface area contributed by atoms with E-state index in [0.717, 1.165) is 23.9 Å². The molecule has 2 atom stereocenters. The molecule has 0 radical (unpaired) electrons. The Morgan fingerprint density at radius 1 is 1.29 bits per heavy atom. The second kappa shape index (κ2) is 7.44. The van der Waals surface area contributed by atoms with Gasteiger partial charge in [-0.1, -0.05) is 40.2 Å². The molecule has 0 saturated carbocycles. The minimum Gasteiger partial charge on any atom is -0.459 e. The van der Waals surface area contributed by atoms with Crippen molar-refractivity contribution in [2.45, 2.75) is 47.5 Å². The van der Waals surface area contributed by atoms with Crippen LogP contribution in [0.4, 0.5) is 0 Å². The Morgan fingerprint density at radius 3 is 2.19 bits per heavy atom. The smallest absolute Gasteiger partial charge is 0.316 e. The molecule has 3 heteroatoms. The standard InChI is InChI=1S/C18H36NO2/c1-10-17(4,5)14-15(3)18(6,11-2)16(20)21-13-12-19(7,8)9/h11,15H,2,10,12-14H2,1,3-9H3/q+1. The first-order chi connectivity index (χ1) is 9.38. The Balaban J connectivity index is 4.77. The molecule has 0 rings (SSSR count). The van der Waals surface area contributed by atoms with E-state index >= 15 is 0 Å².